The van der Waals surface area contributed by atoms with Crippen LogP contribution in [0.15, 0.2) is 24.3 Å². The molecule has 0 saturated carbocycles. The first-order valence-corrected chi connectivity index (χ1v) is 4.79. The van der Waals surface area contributed by atoms with Gasteiger partial charge in [-0.3, -0.25) is 0 Å². The molecule has 0 saturated heterocycles. The first kappa shape index (κ1) is 8.73. The Balaban J connectivity index is 2.29. The van der Waals surface area contributed by atoms with E-state index < -0.39 is 0 Å². The molecule has 0 radical (unpaired) electrons. The van der Waals surface area contributed by atoms with E-state index in [4.69, 9.17) is 11.5 Å². The summed E-state index contributed by atoms with van der Waals surface area (Å²) in [6.07, 6.45) is 3.02. The van der Waals surface area contributed by atoms with E-state index in [1.165, 1.54) is 11.1 Å². The summed E-state index contributed by atoms with van der Waals surface area (Å²) in [4.78, 5) is 0. The van der Waals surface area contributed by atoms with Crippen molar-refractivity contribution in [1.29, 1.82) is 0 Å². The molecule has 0 amide bonds. The Labute approximate surface area is 78.9 Å². The van der Waals surface area contributed by atoms with Gasteiger partial charge in [0.15, 0.2) is 0 Å². The quantitative estimate of drug-likeness (QED) is 0.666. The van der Waals surface area contributed by atoms with Crippen molar-refractivity contribution in [3.8, 4) is 0 Å². The highest BCUT2D eigenvalue weighted by molar-refractivity contribution is 5.32. The third-order valence-corrected chi connectivity index (χ3v) is 2.96. The summed E-state index contributed by atoms with van der Waals surface area (Å²) in [7, 11) is 0. The Bertz CT molecular complexity index is 309. The SMILES string of the molecule is NC[C@]1(N)CCc2ccccc2C1. The van der Waals surface area contributed by atoms with Crippen molar-refractivity contribution in [3.63, 3.8) is 0 Å². The predicted molar refractivity (Wildman–Crippen MR) is 54.4 cm³/mol. The standard InChI is InChI=1S/C11H16N2/c12-8-11(13)6-5-9-3-1-2-4-10(9)7-11/h1-4H,5-8,12-13H2/t11-/m0/s1. The average molecular weight is 176 g/mol. The van der Waals surface area contributed by atoms with Crippen molar-refractivity contribution >= 4 is 0 Å². The van der Waals surface area contributed by atoms with Crippen molar-refractivity contribution in [2.45, 2.75) is 24.8 Å². The molecule has 0 aromatic heterocycles. The van der Waals surface area contributed by atoms with Crippen LogP contribution in [-0.2, 0) is 12.8 Å². The van der Waals surface area contributed by atoms with E-state index in [1.807, 2.05) is 0 Å². The van der Waals surface area contributed by atoms with Crippen LogP contribution in [-0.4, -0.2) is 12.1 Å². The summed E-state index contributed by atoms with van der Waals surface area (Å²) < 4.78 is 0. The maximum atomic E-state index is 6.15. The van der Waals surface area contributed by atoms with Crippen LogP contribution >= 0.6 is 0 Å². The van der Waals surface area contributed by atoms with Crippen molar-refractivity contribution in [2.75, 3.05) is 6.54 Å². The van der Waals surface area contributed by atoms with Crippen LogP contribution in [0.2, 0.25) is 0 Å². The Hall–Kier alpha value is -0.860. The smallest absolute Gasteiger partial charge is 0.0322 e. The highest BCUT2D eigenvalue weighted by Gasteiger charge is 2.28. The number of fused-ring (bicyclic) bond motifs is 1. The molecule has 0 unspecified atom stereocenters. The van der Waals surface area contributed by atoms with Crippen molar-refractivity contribution in [1.82, 2.24) is 0 Å². The summed E-state index contributed by atoms with van der Waals surface area (Å²) in [6.45, 7) is 0.585. The summed E-state index contributed by atoms with van der Waals surface area (Å²) in [5, 5.41) is 0. The molecule has 70 valence electrons. The Morgan fingerprint density at radius 2 is 1.92 bits per heavy atom. The van der Waals surface area contributed by atoms with Crippen LogP contribution in [0.5, 0.6) is 0 Å². The molecule has 13 heavy (non-hydrogen) atoms. The van der Waals surface area contributed by atoms with Gasteiger partial charge in [-0.1, -0.05) is 24.3 Å². The molecule has 2 rings (SSSR count). The largest absolute Gasteiger partial charge is 0.329 e. The Kier molecular flexibility index (Phi) is 2.10. The van der Waals surface area contributed by atoms with Gasteiger partial charge < -0.3 is 11.5 Å². The number of benzene rings is 1. The van der Waals surface area contributed by atoms with Gasteiger partial charge in [-0.15, -0.1) is 0 Å². The number of nitrogens with two attached hydrogens (primary N) is 2. The molecule has 0 fully saturated rings. The number of hydrogen-bond acceptors (Lipinski definition) is 2. The normalized spacial score (nSPS) is 26.9. The van der Waals surface area contributed by atoms with Crippen molar-refractivity contribution in [2.24, 2.45) is 11.5 Å². The van der Waals surface area contributed by atoms with Gasteiger partial charge in [0.1, 0.15) is 0 Å². The lowest BCUT2D eigenvalue weighted by Gasteiger charge is -2.33. The molecule has 2 nitrogen and oxygen atoms in total. The molecule has 0 aliphatic heterocycles. The van der Waals surface area contributed by atoms with Gasteiger partial charge in [-0.25, -0.2) is 0 Å². The van der Waals surface area contributed by atoms with E-state index in [2.05, 4.69) is 24.3 Å². The van der Waals surface area contributed by atoms with Gasteiger partial charge in [-0.2, -0.15) is 0 Å². The number of hydrogen-bond donors (Lipinski definition) is 2. The molecule has 4 N–H and O–H groups in total. The summed E-state index contributed by atoms with van der Waals surface area (Å²) in [5.41, 5.74) is 14.5. The average Bonchev–Trinajstić information content (AvgIpc) is 2.18. The highest BCUT2D eigenvalue weighted by atomic mass is 14.8. The lowest BCUT2D eigenvalue weighted by atomic mass is 9.79. The Morgan fingerprint density at radius 3 is 2.62 bits per heavy atom. The molecule has 1 aromatic rings. The molecular formula is C11H16N2. The monoisotopic (exact) mass is 176 g/mol. The van der Waals surface area contributed by atoms with Crippen LogP contribution in [0, 0.1) is 0 Å². The molecule has 1 aliphatic carbocycles. The minimum Gasteiger partial charge on any atom is -0.329 e. The number of rotatable bonds is 1. The molecule has 0 heterocycles. The molecule has 0 spiro atoms. The van der Waals surface area contributed by atoms with Gasteiger partial charge in [-0.05, 0) is 30.4 Å². The third kappa shape index (κ3) is 1.60. The third-order valence-electron chi connectivity index (χ3n) is 2.96. The molecule has 1 aliphatic rings. The van der Waals surface area contributed by atoms with E-state index in [1.54, 1.807) is 0 Å². The first-order valence-electron chi connectivity index (χ1n) is 4.79. The van der Waals surface area contributed by atoms with Crippen LogP contribution in [0.3, 0.4) is 0 Å². The summed E-state index contributed by atoms with van der Waals surface area (Å²) >= 11 is 0. The van der Waals surface area contributed by atoms with E-state index in [-0.39, 0.29) is 5.54 Å². The van der Waals surface area contributed by atoms with Gasteiger partial charge in [0.25, 0.3) is 0 Å². The zero-order valence-corrected chi connectivity index (χ0v) is 7.79. The zero-order chi connectivity index (χ0) is 9.31. The highest BCUT2D eigenvalue weighted by Crippen LogP contribution is 2.25. The lowest BCUT2D eigenvalue weighted by Crippen LogP contribution is -2.51. The van der Waals surface area contributed by atoms with Gasteiger partial charge >= 0.3 is 0 Å². The maximum Gasteiger partial charge on any atom is 0.0322 e. The van der Waals surface area contributed by atoms with Crippen LogP contribution < -0.4 is 11.5 Å². The summed E-state index contributed by atoms with van der Waals surface area (Å²) in [5.74, 6) is 0. The van der Waals surface area contributed by atoms with Crippen LogP contribution in [0.1, 0.15) is 17.5 Å². The van der Waals surface area contributed by atoms with Gasteiger partial charge in [0, 0.05) is 12.1 Å². The number of aryl methyl sites for hydroxylation is 1. The van der Waals surface area contributed by atoms with Crippen molar-refractivity contribution in [3.05, 3.63) is 35.4 Å². The minimum absolute atomic E-state index is 0.158. The fourth-order valence-corrected chi connectivity index (χ4v) is 2.00. The van der Waals surface area contributed by atoms with Crippen molar-refractivity contribution < 1.29 is 0 Å². The fraction of sp³-hybridized carbons (Fsp3) is 0.455. The maximum absolute atomic E-state index is 6.15. The topological polar surface area (TPSA) is 52.0 Å². The summed E-state index contributed by atoms with van der Waals surface area (Å²) in [6, 6.07) is 8.50. The molecular weight excluding hydrogens is 160 g/mol. The first-order chi connectivity index (χ1) is 6.23. The fourth-order valence-electron chi connectivity index (χ4n) is 2.00. The van der Waals surface area contributed by atoms with E-state index in [9.17, 15) is 0 Å². The molecule has 2 heteroatoms. The second-order valence-corrected chi connectivity index (χ2v) is 4.01. The van der Waals surface area contributed by atoms with E-state index in [0.717, 1.165) is 19.3 Å². The lowest BCUT2D eigenvalue weighted by molar-refractivity contribution is 0.382. The zero-order valence-electron chi connectivity index (χ0n) is 7.79. The predicted octanol–water partition coefficient (Wildman–Crippen LogP) is 0.831. The van der Waals surface area contributed by atoms with Crippen LogP contribution in [0.4, 0.5) is 0 Å². The molecule has 0 bridgehead atoms. The molecule has 1 atom stereocenters. The second kappa shape index (κ2) is 3.13. The second-order valence-electron chi connectivity index (χ2n) is 4.01. The minimum atomic E-state index is -0.158. The van der Waals surface area contributed by atoms with E-state index in [0.29, 0.717) is 6.54 Å². The van der Waals surface area contributed by atoms with Gasteiger partial charge in [0.05, 0.1) is 0 Å². The van der Waals surface area contributed by atoms with Crippen LogP contribution in [0.25, 0.3) is 0 Å². The van der Waals surface area contributed by atoms with E-state index >= 15 is 0 Å². The molecule has 1 aromatic carbocycles. The van der Waals surface area contributed by atoms with Gasteiger partial charge in [0.2, 0.25) is 0 Å². The Morgan fingerprint density at radius 1 is 1.23 bits per heavy atom.